The number of ether oxygens (including phenoxy) is 1. The van der Waals surface area contributed by atoms with Crippen molar-refractivity contribution in [2.45, 2.75) is 39.2 Å². The van der Waals surface area contributed by atoms with Crippen molar-refractivity contribution in [3.8, 4) is 5.88 Å². The highest BCUT2D eigenvalue weighted by Crippen LogP contribution is 2.24. The second-order valence-corrected chi connectivity index (χ2v) is 5.16. The van der Waals surface area contributed by atoms with Gasteiger partial charge in [0.05, 0.1) is 17.8 Å². The van der Waals surface area contributed by atoms with Gasteiger partial charge in [0.15, 0.2) is 0 Å². The molecule has 0 saturated carbocycles. The Bertz CT molecular complexity index is 355. The summed E-state index contributed by atoms with van der Waals surface area (Å²) in [4.78, 5) is 8.47. The average Bonchev–Trinajstić information content (AvgIpc) is 2.20. The Kier molecular flexibility index (Phi) is 4.53. The third kappa shape index (κ3) is 3.63. The van der Waals surface area contributed by atoms with Crippen LogP contribution in [0.15, 0.2) is 10.7 Å². The van der Waals surface area contributed by atoms with E-state index in [4.69, 9.17) is 4.74 Å². The molecule has 0 amide bonds. The molecule has 1 aromatic heterocycles. The van der Waals surface area contributed by atoms with Gasteiger partial charge in [-0.3, -0.25) is 0 Å². The molecule has 1 aromatic rings. The van der Waals surface area contributed by atoms with Gasteiger partial charge in [0.1, 0.15) is 0 Å². The number of nitrogens with zero attached hydrogens (tertiary/aromatic N) is 2. The molecule has 0 spiro atoms. The second kappa shape index (κ2) is 5.48. The van der Waals surface area contributed by atoms with Crippen molar-refractivity contribution in [1.29, 1.82) is 0 Å². The van der Waals surface area contributed by atoms with E-state index in [1.807, 2.05) is 0 Å². The van der Waals surface area contributed by atoms with E-state index in [1.165, 1.54) is 0 Å². The largest absolute Gasteiger partial charge is 0.480 e. The number of nitrogens with one attached hydrogen (secondary N) is 1. The predicted molar refractivity (Wildman–Crippen MR) is 68.9 cm³/mol. The molecule has 0 aliphatic heterocycles. The van der Waals surface area contributed by atoms with Crippen molar-refractivity contribution in [1.82, 2.24) is 9.97 Å². The van der Waals surface area contributed by atoms with Crippen LogP contribution in [-0.4, -0.2) is 22.6 Å². The summed E-state index contributed by atoms with van der Waals surface area (Å²) in [5.74, 6) is 1.14. The first-order valence-electron chi connectivity index (χ1n) is 5.33. The van der Waals surface area contributed by atoms with Gasteiger partial charge in [-0.2, -0.15) is 4.98 Å². The molecule has 0 bridgehead atoms. The van der Waals surface area contributed by atoms with Crippen LogP contribution in [0, 0.1) is 0 Å². The van der Waals surface area contributed by atoms with Crippen molar-refractivity contribution < 1.29 is 4.74 Å². The molecule has 0 saturated heterocycles. The third-order valence-electron chi connectivity index (χ3n) is 2.23. The van der Waals surface area contributed by atoms with Crippen molar-refractivity contribution in [3.05, 3.63) is 10.7 Å². The molecule has 90 valence electrons. The summed E-state index contributed by atoms with van der Waals surface area (Å²) in [5.41, 5.74) is -0.00636. The monoisotopic (exact) mass is 287 g/mol. The summed E-state index contributed by atoms with van der Waals surface area (Å²) >= 11 is 3.32. The Labute approximate surface area is 105 Å². The molecular weight excluding hydrogens is 270 g/mol. The minimum Gasteiger partial charge on any atom is -0.480 e. The minimum absolute atomic E-state index is 0.00636. The van der Waals surface area contributed by atoms with E-state index >= 15 is 0 Å². The fraction of sp³-hybridized carbons (Fsp3) is 0.636. The summed E-state index contributed by atoms with van der Waals surface area (Å²) in [7, 11) is 1.59. The van der Waals surface area contributed by atoms with Gasteiger partial charge in [0.2, 0.25) is 11.8 Å². The number of hydrogen-bond acceptors (Lipinski definition) is 4. The predicted octanol–water partition coefficient (Wildman–Crippen LogP) is 3.24. The van der Waals surface area contributed by atoms with Gasteiger partial charge in [-0.25, -0.2) is 4.98 Å². The quantitative estimate of drug-likeness (QED) is 0.903. The molecular formula is C11H18BrN3O. The van der Waals surface area contributed by atoms with Crippen LogP contribution in [0.3, 0.4) is 0 Å². The first-order valence-corrected chi connectivity index (χ1v) is 6.12. The van der Waals surface area contributed by atoms with Crippen LogP contribution in [0.5, 0.6) is 5.88 Å². The molecule has 0 unspecified atom stereocenters. The highest BCUT2D eigenvalue weighted by atomic mass is 79.9. The maximum absolute atomic E-state index is 5.12. The molecule has 0 aliphatic rings. The Morgan fingerprint density at radius 1 is 1.50 bits per heavy atom. The molecule has 4 nitrogen and oxygen atoms in total. The molecule has 0 radical (unpaired) electrons. The van der Waals surface area contributed by atoms with Gasteiger partial charge in [0.25, 0.3) is 0 Å². The van der Waals surface area contributed by atoms with E-state index in [0.29, 0.717) is 11.8 Å². The number of halogens is 1. The fourth-order valence-corrected chi connectivity index (χ4v) is 1.90. The maximum Gasteiger partial charge on any atom is 0.232 e. The van der Waals surface area contributed by atoms with E-state index in [0.717, 1.165) is 17.3 Å². The van der Waals surface area contributed by atoms with Crippen LogP contribution in [0.25, 0.3) is 0 Å². The van der Waals surface area contributed by atoms with Crippen LogP contribution in [0.2, 0.25) is 0 Å². The van der Waals surface area contributed by atoms with Gasteiger partial charge in [-0.15, -0.1) is 0 Å². The van der Waals surface area contributed by atoms with Crippen LogP contribution in [-0.2, 0) is 0 Å². The lowest BCUT2D eigenvalue weighted by Crippen LogP contribution is -2.31. The molecule has 0 aliphatic carbocycles. The Morgan fingerprint density at radius 2 is 2.19 bits per heavy atom. The molecule has 1 N–H and O–H groups in total. The zero-order valence-electron chi connectivity index (χ0n) is 10.2. The molecule has 1 rings (SSSR count). The second-order valence-electron chi connectivity index (χ2n) is 4.31. The highest BCUT2D eigenvalue weighted by molar-refractivity contribution is 9.10. The zero-order chi connectivity index (χ0) is 12.2. The topological polar surface area (TPSA) is 47.0 Å². The first-order chi connectivity index (χ1) is 7.48. The van der Waals surface area contributed by atoms with Crippen molar-refractivity contribution in [2.24, 2.45) is 0 Å². The number of aromatic nitrogens is 2. The van der Waals surface area contributed by atoms with Crippen LogP contribution >= 0.6 is 15.9 Å². The van der Waals surface area contributed by atoms with Crippen LogP contribution in [0.1, 0.15) is 33.6 Å². The van der Waals surface area contributed by atoms with E-state index in [-0.39, 0.29) is 5.54 Å². The van der Waals surface area contributed by atoms with E-state index in [1.54, 1.807) is 13.3 Å². The molecule has 0 aromatic carbocycles. The molecule has 16 heavy (non-hydrogen) atoms. The van der Waals surface area contributed by atoms with E-state index in [9.17, 15) is 0 Å². The number of rotatable bonds is 5. The smallest absolute Gasteiger partial charge is 0.232 e. The maximum atomic E-state index is 5.12. The number of methoxy groups -OCH3 is 1. The molecule has 5 heteroatoms. The summed E-state index contributed by atoms with van der Waals surface area (Å²) < 4.78 is 5.88. The lowest BCUT2D eigenvalue weighted by Gasteiger charge is -2.25. The average molecular weight is 288 g/mol. The number of anilines is 1. The number of hydrogen-bond donors (Lipinski definition) is 1. The van der Waals surface area contributed by atoms with Gasteiger partial charge in [-0.05, 0) is 36.2 Å². The SMILES string of the molecule is CCCC(C)(C)Nc1ncc(Br)c(OC)n1. The molecule has 0 fully saturated rings. The summed E-state index contributed by atoms with van der Waals surface area (Å²) in [6.07, 6.45) is 3.87. The Balaban J connectivity index is 2.81. The minimum atomic E-state index is -0.00636. The van der Waals surface area contributed by atoms with Crippen LogP contribution in [0.4, 0.5) is 5.95 Å². The van der Waals surface area contributed by atoms with Gasteiger partial charge >= 0.3 is 0 Å². The van der Waals surface area contributed by atoms with Crippen LogP contribution < -0.4 is 10.1 Å². The summed E-state index contributed by atoms with van der Waals surface area (Å²) in [5, 5.41) is 3.30. The van der Waals surface area contributed by atoms with Crippen molar-refractivity contribution in [3.63, 3.8) is 0 Å². The lowest BCUT2D eigenvalue weighted by molar-refractivity contribution is 0.393. The third-order valence-corrected chi connectivity index (χ3v) is 2.77. The normalized spacial score (nSPS) is 11.3. The summed E-state index contributed by atoms with van der Waals surface area (Å²) in [6.45, 7) is 6.43. The first kappa shape index (κ1) is 13.2. The van der Waals surface area contributed by atoms with Gasteiger partial charge < -0.3 is 10.1 Å². The Hall–Kier alpha value is -0.840. The Morgan fingerprint density at radius 3 is 2.75 bits per heavy atom. The van der Waals surface area contributed by atoms with Crippen molar-refractivity contribution in [2.75, 3.05) is 12.4 Å². The molecule has 0 atom stereocenters. The standard InChI is InChI=1S/C11H18BrN3O/c1-5-6-11(2,3)15-10-13-7-8(12)9(14-10)16-4/h7H,5-6H2,1-4H3,(H,13,14,15). The highest BCUT2D eigenvalue weighted by Gasteiger charge is 2.18. The van der Waals surface area contributed by atoms with E-state index in [2.05, 4.69) is 52.0 Å². The lowest BCUT2D eigenvalue weighted by atomic mass is 9.99. The van der Waals surface area contributed by atoms with E-state index < -0.39 is 0 Å². The summed E-state index contributed by atoms with van der Waals surface area (Å²) in [6, 6.07) is 0. The van der Waals surface area contributed by atoms with Crippen molar-refractivity contribution >= 4 is 21.9 Å². The fourth-order valence-electron chi connectivity index (χ4n) is 1.55. The molecule has 1 heterocycles. The van der Waals surface area contributed by atoms with Gasteiger partial charge in [-0.1, -0.05) is 13.3 Å². The van der Waals surface area contributed by atoms with Gasteiger partial charge in [0, 0.05) is 5.54 Å². The zero-order valence-corrected chi connectivity index (χ0v) is 11.8.